The molecular weight excluding hydrogens is 453 g/mol. The van der Waals surface area contributed by atoms with E-state index in [1.54, 1.807) is 66.2 Å². The van der Waals surface area contributed by atoms with Gasteiger partial charge in [-0.25, -0.2) is 9.18 Å². The summed E-state index contributed by atoms with van der Waals surface area (Å²) in [7, 11) is 1.32. The lowest BCUT2D eigenvalue weighted by Crippen LogP contribution is -2.12. The van der Waals surface area contributed by atoms with E-state index in [4.69, 9.17) is 9.15 Å². The number of carbonyl (C=O) groups is 2. The van der Waals surface area contributed by atoms with Crippen LogP contribution in [0.15, 0.2) is 65.1 Å². The fourth-order valence-electron chi connectivity index (χ4n) is 3.53. The molecule has 0 bridgehead atoms. The smallest absolute Gasteiger partial charge is 0.337 e. The molecule has 0 aliphatic rings. The molecule has 4 rings (SSSR count). The Kier molecular flexibility index (Phi) is 6.96. The number of halogens is 1. The molecule has 0 fully saturated rings. The van der Waals surface area contributed by atoms with Crippen molar-refractivity contribution in [1.82, 2.24) is 9.78 Å². The maximum Gasteiger partial charge on any atom is 0.337 e. The molecule has 2 aromatic carbocycles. The van der Waals surface area contributed by atoms with Gasteiger partial charge in [0, 0.05) is 5.56 Å². The van der Waals surface area contributed by atoms with Crippen molar-refractivity contribution in [2.24, 2.45) is 0 Å². The van der Waals surface area contributed by atoms with Crippen molar-refractivity contribution in [1.29, 1.82) is 0 Å². The van der Waals surface area contributed by atoms with E-state index in [2.05, 4.69) is 15.2 Å². The van der Waals surface area contributed by atoms with Crippen LogP contribution in [-0.2, 0) is 17.9 Å². The third-order valence-corrected chi connectivity index (χ3v) is 5.44. The SMILES string of the molecule is COC(=O)c1ccc(OCc2ccc(C(=O)Nc3c(C)nn(Cc4ccccc4F)c3C)o2)cc1. The van der Waals surface area contributed by atoms with Gasteiger partial charge in [-0.2, -0.15) is 5.10 Å². The number of esters is 1. The topological polar surface area (TPSA) is 95.6 Å². The average Bonchev–Trinajstić information content (AvgIpc) is 3.44. The molecule has 0 saturated heterocycles. The van der Waals surface area contributed by atoms with Crippen LogP contribution in [0.1, 0.15) is 43.6 Å². The number of rotatable bonds is 8. The number of furan rings is 1. The van der Waals surface area contributed by atoms with Crippen LogP contribution in [0.2, 0.25) is 0 Å². The minimum absolute atomic E-state index is 0.101. The molecular formula is C26H24FN3O5. The first-order valence-corrected chi connectivity index (χ1v) is 10.8. The minimum atomic E-state index is -0.435. The number of carbonyl (C=O) groups excluding carboxylic acids is 2. The van der Waals surface area contributed by atoms with E-state index in [1.807, 2.05) is 6.92 Å². The number of aryl methyl sites for hydroxylation is 1. The Morgan fingerprint density at radius 1 is 1.06 bits per heavy atom. The van der Waals surface area contributed by atoms with E-state index in [0.29, 0.717) is 39.7 Å². The molecule has 4 aromatic rings. The van der Waals surface area contributed by atoms with Crippen molar-refractivity contribution in [3.05, 3.63) is 101 Å². The lowest BCUT2D eigenvalue weighted by atomic mass is 10.2. The molecule has 1 amide bonds. The molecule has 0 saturated carbocycles. The van der Waals surface area contributed by atoms with Crippen LogP contribution in [0.25, 0.3) is 0 Å². The minimum Gasteiger partial charge on any atom is -0.486 e. The number of ether oxygens (including phenoxy) is 2. The molecule has 0 atom stereocenters. The average molecular weight is 477 g/mol. The number of hydrogen-bond donors (Lipinski definition) is 1. The second-order valence-corrected chi connectivity index (χ2v) is 7.82. The Morgan fingerprint density at radius 2 is 1.80 bits per heavy atom. The van der Waals surface area contributed by atoms with Gasteiger partial charge in [-0.05, 0) is 56.3 Å². The molecule has 180 valence electrons. The zero-order valence-corrected chi connectivity index (χ0v) is 19.5. The summed E-state index contributed by atoms with van der Waals surface area (Å²) in [6, 6.07) is 16.2. The molecule has 2 aromatic heterocycles. The summed E-state index contributed by atoms with van der Waals surface area (Å²) in [5.41, 5.74) is 2.78. The third-order valence-electron chi connectivity index (χ3n) is 5.44. The Balaban J connectivity index is 1.39. The number of benzene rings is 2. The van der Waals surface area contributed by atoms with Crippen LogP contribution < -0.4 is 10.1 Å². The van der Waals surface area contributed by atoms with Gasteiger partial charge in [0.05, 0.1) is 36.3 Å². The Morgan fingerprint density at radius 3 is 2.51 bits per heavy atom. The standard InChI is InChI=1S/C26H24FN3O5/c1-16-24(17(2)30(29-16)14-19-6-4-5-7-22(19)27)28-25(31)23-13-12-21(35-23)15-34-20-10-8-18(9-11-20)26(32)33-3/h4-13H,14-15H2,1-3H3,(H,28,31). The van der Waals surface area contributed by atoms with Gasteiger partial charge in [-0.3, -0.25) is 9.48 Å². The fraction of sp³-hybridized carbons (Fsp3) is 0.192. The Bertz CT molecular complexity index is 1360. The van der Waals surface area contributed by atoms with E-state index >= 15 is 0 Å². The Hall–Kier alpha value is -4.40. The lowest BCUT2D eigenvalue weighted by molar-refractivity contribution is 0.0600. The van der Waals surface area contributed by atoms with Gasteiger partial charge in [-0.1, -0.05) is 18.2 Å². The monoisotopic (exact) mass is 477 g/mol. The molecule has 9 heteroatoms. The van der Waals surface area contributed by atoms with Crippen LogP contribution in [0.3, 0.4) is 0 Å². The predicted molar refractivity (Wildman–Crippen MR) is 126 cm³/mol. The van der Waals surface area contributed by atoms with Gasteiger partial charge < -0.3 is 19.2 Å². The molecule has 1 N–H and O–H groups in total. The van der Waals surface area contributed by atoms with Gasteiger partial charge >= 0.3 is 5.97 Å². The number of anilines is 1. The molecule has 0 unspecified atom stereocenters. The van der Waals surface area contributed by atoms with Crippen LogP contribution >= 0.6 is 0 Å². The van der Waals surface area contributed by atoms with Crippen LogP contribution in [0.5, 0.6) is 5.75 Å². The predicted octanol–water partition coefficient (Wildman–Crippen LogP) is 4.90. The van der Waals surface area contributed by atoms with E-state index in [1.165, 1.54) is 13.2 Å². The van der Waals surface area contributed by atoms with Crippen LogP contribution in [0, 0.1) is 19.7 Å². The maximum atomic E-state index is 14.0. The second-order valence-electron chi connectivity index (χ2n) is 7.82. The normalized spacial score (nSPS) is 10.7. The van der Waals surface area contributed by atoms with Crippen molar-refractivity contribution in [3.63, 3.8) is 0 Å². The van der Waals surface area contributed by atoms with E-state index in [0.717, 1.165) is 0 Å². The van der Waals surface area contributed by atoms with Gasteiger partial charge in [-0.15, -0.1) is 0 Å². The van der Waals surface area contributed by atoms with Crippen molar-refractivity contribution in [2.75, 3.05) is 12.4 Å². The molecule has 8 nitrogen and oxygen atoms in total. The highest BCUT2D eigenvalue weighted by Crippen LogP contribution is 2.23. The lowest BCUT2D eigenvalue weighted by Gasteiger charge is -2.07. The Labute approximate surface area is 201 Å². The zero-order chi connectivity index (χ0) is 24.9. The van der Waals surface area contributed by atoms with Gasteiger partial charge in [0.1, 0.15) is 23.9 Å². The molecule has 2 heterocycles. The molecule has 35 heavy (non-hydrogen) atoms. The van der Waals surface area contributed by atoms with Gasteiger partial charge in [0.25, 0.3) is 5.91 Å². The van der Waals surface area contributed by atoms with Crippen molar-refractivity contribution in [3.8, 4) is 5.75 Å². The maximum absolute atomic E-state index is 14.0. The fourth-order valence-corrected chi connectivity index (χ4v) is 3.53. The summed E-state index contributed by atoms with van der Waals surface area (Å²) in [4.78, 5) is 24.3. The highest BCUT2D eigenvalue weighted by atomic mass is 19.1. The summed E-state index contributed by atoms with van der Waals surface area (Å²) in [6.07, 6.45) is 0. The molecule has 0 aliphatic carbocycles. The largest absolute Gasteiger partial charge is 0.486 e. The third kappa shape index (κ3) is 5.40. The number of methoxy groups -OCH3 is 1. The summed E-state index contributed by atoms with van der Waals surface area (Å²) < 4.78 is 31.6. The van der Waals surface area contributed by atoms with Crippen LogP contribution in [-0.4, -0.2) is 28.8 Å². The first kappa shape index (κ1) is 23.7. The summed E-state index contributed by atoms with van der Waals surface area (Å²) >= 11 is 0. The van der Waals surface area contributed by atoms with E-state index in [9.17, 15) is 14.0 Å². The first-order valence-electron chi connectivity index (χ1n) is 10.8. The highest BCUT2D eigenvalue weighted by Gasteiger charge is 2.18. The van der Waals surface area contributed by atoms with E-state index < -0.39 is 11.9 Å². The van der Waals surface area contributed by atoms with Crippen molar-refractivity contribution < 1.29 is 27.9 Å². The molecule has 0 spiro atoms. The number of amides is 1. The first-order chi connectivity index (χ1) is 16.9. The van der Waals surface area contributed by atoms with Crippen molar-refractivity contribution >= 4 is 17.6 Å². The number of nitrogens with zero attached hydrogens (tertiary/aromatic N) is 2. The van der Waals surface area contributed by atoms with Crippen LogP contribution in [0.4, 0.5) is 10.1 Å². The number of hydrogen-bond acceptors (Lipinski definition) is 6. The van der Waals surface area contributed by atoms with Gasteiger partial charge in [0.2, 0.25) is 0 Å². The molecule has 0 aliphatic heterocycles. The summed E-state index contributed by atoms with van der Waals surface area (Å²) in [5, 5.41) is 7.27. The summed E-state index contributed by atoms with van der Waals surface area (Å²) in [5.74, 6) is -0.0676. The highest BCUT2D eigenvalue weighted by molar-refractivity contribution is 6.03. The number of aromatic nitrogens is 2. The quantitative estimate of drug-likeness (QED) is 0.363. The van der Waals surface area contributed by atoms with Gasteiger partial charge in [0.15, 0.2) is 5.76 Å². The number of nitrogens with one attached hydrogen (secondary N) is 1. The second kappa shape index (κ2) is 10.3. The van der Waals surface area contributed by atoms with E-state index in [-0.39, 0.29) is 24.7 Å². The summed E-state index contributed by atoms with van der Waals surface area (Å²) in [6.45, 7) is 3.93. The zero-order valence-electron chi connectivity index (χ0n) is 19.5. The van der Waals surface area contributed by atoms with Crippen molar-refractivity contribution in [2.45, 2.75) is 27.0 Å². The molecule has 0 radical (unpaired) electrons.